The van der Waals surface area contributed by atoms with Crippen molar-refractivity contribution in [3.05, 3.63) is 60.6 Å². The molecule has 0 bridgehead atoms. The Morgan fingerprint density at radius 3 is 2.72 bits per heavy atom. The maximum atomic E-state index is 5.99. The third kappa shape index (κ3) is 2.94. The van der Waals surface area contributed by atoms with Crippen LogP contribution in [0.25, 0.3) is 34.2 Å². The molecule has 7 nitrogen and oxygen atoms in total. The Labute approximate surface area is 148 Å². The molecular weight excluding hydrogens is 314 g/mol. The quantitative estimate of drug-likeness (QED) is 0.592. The Balaban J connectivity index is 0.00000131. The minimum atomic E-state index is 0. The number of pyridine rings is 1. The first-order valence-electron chi connectivity index (χ1n) is 7.73. The molecule has 7 heteroatoms. The van der Waals surface area contributed by atoms with Crippen molar-refractivity contribution < 1.29 is 4.28 Å². The highest BCUT2D eigenvalue weighted by Crippen LogP contribution is 2.25. The first-order valence-corrected chi connectivity index (χ1v) is 7.73. The molecule has 0 saturated carbocycles. The molecule has 0 radical (unpaired) electrons. The molecule has 3 heterocycles. The van der Waals surface area contributed by atoms with Crippen molar-refractivity contribution in [3.8, 4) is 34.2 Å². The van der Waals surface area contributed by atoms with Gasteiger partial charge in [0.1, 0.15) is 5.69 Å². The lowest BCUT2D eigenvalue weighted by Gasteiger charge is -2.04. The van der Waals surface area contributed by atoms with E-state index in [4.69, 9.17) is 5.73 Å². The predicted octanol–water partition coefficient (Wildman–Crippen LogP) is 3.62. The van der Waals surface area contributed by atoms with Crippen molar-refractivity contribution in [2.45, 2.75) is 6.92 Å². The zero-order valence-corrected chi connectivity index (χ0v) is 13.5. The molecule has 0 spiro atoms. The number of benzene rings is 1. The van der Waals surface area contributed by atoms with Crippen molar-refractivity contribution in [1.82, 2.24) is 30.1 Å². The number of aryl methyl sites for hydroxylation is 1. The van der Waals surface area contributed by atoms with Crippen molar-refractivity contribution in [2.75, 3.05) is 5.73 Å². The zero-order chi connectivity index (χ0) is 17.2. The lowest BCUT2D eigenvalue weighted by atomic mass is 10.1. The topological polar surface area (TPSA) is 106 Å². The maximum absolute atomic E-state index is 5.99. The van der Waals surface area contributed by atoms with E-state index in [-0.39, 0.29) is 4.28 Å². The summed E-state index contributed by atoms with van der Waals surface area (Å²) < 4.78 is 0. The summed E-state index contributed by atoms with van der Waals surface area (Å²) in [6.07, 6.45) is 5.05. The highest BCUT2D eigenvalue weighted by atomic mass is 15.2. The second-order valence-electron chi connectivity index (χ2n) is 5.61. The fourth-order valence-electron chi connectivity index (χ4n) is 2.51. The van der Waals surface area contributed by atoms with Crippen molar-refractivity contribution in [3.63, 3.8) is 0 Å². The molecule has 0 amide bonds. The van der Waals surface area contributed by atoms with E-state index in [1.165, 1.54) is 0 Å². The molecule has 0 atom stereocenters. The largest absolute Gasteiger partial charge is 0.382 e. The summed E-state index contributed by atoms with van der Waals surface area (Å²) in [4.78, 5) is 17.4. The lowest BCUT2D eigenvalue weighted by Crippen LogP contribution is -2.00. The van der Waals surface area contributed by atoms with E-state index < -0.39 is 0 Å². The summed E-state index contributed by atoms with van der Waals surface area (Å²) in [5, 5.41) is 7.18. The minimum Gasteiger partial charge on any atom is -0.382 e. The van der Waals surface area contributed by atoms with Crippen LogP contribution >= 0.6 is 0 Å². The fourth-order valence-corrected chi connectivity index (χ4v) is 2.51. The van der Waals surface area contributed by atoms with Crippen LogP contribution in [0.4, 0.5) is 5.82 Å². The average molecular weight is 335 g/mol. The van der Waals surface area contributed by atoms with Gasteiger partial charge in [-0.15, -0.1) is 0 Å². The standard InChI is InChI=1S/C18H15N7.3H2/c1-11-4-2-5-12(8-11)17-23-18(25-24-17)15-16(19)21-10-14(22-15)13-6-3-7-20-9-13;;;/h2-10H,1H3,(H2,19,21)(H,23,24,25);3*1H. The van der Waals surface area contributed by atoms with Crippen LogP contribution in [0.2, 0.25) is 0 Å². The molecule has 1 aromatic carbocycles. The Morgan fingerprint density at radius 2 is 1.92 bits per heavy atom. The van der Waals surface area contributed by atoms with Gasteiger partial charge in [-0.25, -0.2) is 15.0 Å². The molecule has 3 aromatic heterocycles. The molecule has 0 aliphatic rings. The molecule has 0 unspecified atom stereocenters. The van der Waals surface area contributed by atoms with Crippen LogP contribution in [0.15, 0.2) is 55.0 Å². The molecule has 128 valence electrons. The van der Waals surface area contributed by atoms with E-state index in [1.54, 1.807) is 18.6 Å². The molecular formula is C18H21N7. The van der Waals surface area contributed by atoms with Gasteiger partial charge in [-0.05, 0) is 25.1 Å². The van der Waals surface area contributed by atoms with Crippen molar-refractivity contribution >= 4 is 5.82 Å². The smallest absolute Gasteiger partial charge is 0.181 e. The number of nitrogens with one attached hydrogen (secondary N) is 1. The number of nitrogens with two attached hydrogens (primary N) is 1. The van der Waals surface area contributed by atoms with E-state index in [9.17, 15) is 0 Å². The van der Waals surface area contributed by atoms with E-state index in [1.807, 2.05) is 43.3 Å². The van der Waals surface area contributed by atoms with Crippen molar-refractivity contribution in [2.24, 2.45) is 0 Å². The van der Waals surface area contributed by atoms with Gasteiger partial charge in [-0.2, -0.15) is 5.10 Å². The van der Waals surface area contributed by atoms with Crippen LogP contribution in [0, 0.1) is 6.92 Å². The second-order valence-corrected chi connectivity index (χ2v) is 5.61. The van der Waals surface area contributed by atoms with Gasteiger partial charge in [0.25, 0.3) is 0 Å². The Bertz CT molecular complexity index is 1040. The van der Waals surface area contributed by atoms with Gasteiger partial charge < -0.3 is 5.73 Å². The summed E-state index contributed by atoms with van der Waals surface area (Å²) in [6.45, 7) is 2.03. The van der Waals surface area contributed by atoms with Crippen molar-refractivity contribution in [1.29, 1.82) is 0 Å². The monoisotopic (exact) mass is 335 g/mol. The van der Waals surface area contributed by atoms with Gasteiger partial charge >= 0.3 is 0 Å². The molecule has 0 saturated heterocycles. The van der Waals surface area contributed by atoms with E-state index in [2.05, 4.69) is 30.1 Å². The molecule has 25 heavy (non-hydrogen) atoms. The number of hydrogen-bond acceptors (Lipinski definition) is 6. The number of aromatic amines is 1. The van der Waals surface area contributed by atoms with Gasteiger partial charge in [0.2, 0.25) is 0 Å². The van der Waals surface area contributed by atoms with Gasteiger partial charge in [0.05, 0.1) is 11.9 Å². The minimum absolute atomic E-state index is 0. The Hall–Kier alpha value is -3.61. The number of H-pyrrole nitrogens is 1. The third-order valence-corrected chi connectivity index (χ3v) is 3.74. The van der Waals surface area contributed by atoms with E-state index >= 15 is 0 Å². The summed E-state index contributed by atoms with van der Waals surface area (Å²) in [7, 11) is 0. The lowest BCUT2D eigenvalue weighted by molar-refractivity contribution is 1.08. The summed E-state index contributed by atoms with van der Waals surface area (Å²) in [6, 6.07) is 11.7. The number of nitrogen functional groups attached to an aromatic ring is 1. The first kappa shape index (κ1) is 14.9. The highest BCUT2D eigenvalue weighted by Gasteiger charge is 2.14. The van der Waals surface area contributed by atoms with Crippen LogP contribution in [0.1, 0.15) is 9.84 Å². The SMILES string of the molecule is Cc1cccc(-c2n[nH]c(-c3nc(-c4cccnc4)cnc3N)n2)c1.[HH].[HH].[HH]. The van der Waals surface area contributed by atoms with Gasteiger partial charge in [-0.3, -0.25) is 10.1 Å². The van der Waals surface area contributed by atoms with Crippen LogP contribution < -0.4 is 5.73 Å². The molecule has 0 aliphatic carbocycles. The average Bonchev–Trinajstić information content (AvgIpc) is 3.13. The number of anilines is 1. The van der Waals surface area contributed by atoms with Gasteiger partial charge in [0.15, 0.2) is 17.5 Å². The number of rotatable bonds is 3. The number of nitrogens with zero attached hydrogens (tertiary/aromatic N) is 5. The Morgan fingerprint density at radius 1 is 1.04 bits per heavy atom. The third-order valence-electron chi connectivity index (χ3n) is 3.74. The normalized spacial score (nSPS) is 10.8. The van der Waals surface area contributed by atoms with Crippen LogP contribution in [0.3, 0.4) is 0 Å². The fraction of sp³-hybridized carbons (Fsp3) is 0.0556. The van der Waals surface area contributed by atoms with Gasteiger partial charge in [0, 0.05) is 27.8 Å². The molecule has 3 N–H and O–H groups in total. The summed E-state index contributed by atoms with van der Waals surface area (Å²) in [5.41, 5.74) is 10.1. The second kappa shape index (κ2) is 6.12. The Kier molecular flexibility index (Phi) is 3.66. The van der Waals surface area contributed by atoms with Crippen LogP contribution in [-0.2, 0) is 0 Å². The maximum Gasteiger partial charge on any atom is 0.181 e. The predicted molar refractivity (Wildman–Crippen MR) is 102 cm³/mol. The first-order chi connectivity index (χ1) is 12.2. The van der Waals surface area contributed by atoms with Gasteiger partial charge in [-0.1, -0.05) is 23.8 Å². The number of hydrogen-bond donors (Lipinski definition) is 2. The zero-order valence-electron chi connectivity index (χ0n) is 13.5. The van der Waals surface area contributed by atoms with Crippen LogP contribution in [0.5, 0.6) is 0 Å². The molecule has 4 rings (SSSR count). The van der Waals surface area contributed by atoms with Crippen LogP contribution in [-0.4, -0.2) is 30.1 Å². The van der Waals surface area contributed by atoms with E-state index in [0.29, 0.717) is 28.9 Å². The molecule has 4 aromatic rings. The molecule has 0 fully saturated rings. The highest BCUT2D eigenvalue weighted by molar-refractivity contribution is 5.69. The summed E-state index contributed by atoms with van der Waals surface area (Å²) >= 11 is 0. The molecule has 0 aliphatic heterocycles. The number of aromatic nitrogens is 6. The van der Waals surface area contributed by atoms with E-state index in [0.717, 1.165) is 16.7 Å². The summed E-state index contributed by atoms with van der Waals surface area (Å²) in [5.74, 6) is 1.36.